The molecular weight excluding hydrogens is 240 g/mol. The Balaban J connectivity index is 2.20. The molecule has 0 bridgehead atoms. The number of nitro benzene ring substituents is 1. The van der Waals surface area contributed by atoms with Crippen molar-refractivity contribution in [2.24, 2.45) is 0 Å². The van der Waals surface area contributed by atoms with Gasteiger partial charge in [-0.05, 0) is 6.07 Å². The Morgan fingerprint density at radius 2 is 2.06 bits per heavy atom. The summed E-state index contributed by atoms with van der Waals surface area (Å²) in [5, 5.41) is 10.8. The van der Waals surface area contributed by atoms with E-state index in [1.807, 2.05) is 0 Å². The number of non-ortho nitro benzene ring substituents is 1. The van der Waals surface area contributed by atoms with Crippen LogP contribution in [0, 0.1) is 10.1 Å². The Labute approximate surface area is 102 Å². The molecule has 7 nitrogen and oxygen atoms in total. The van der Waals surface area contributed by atoms with E-state index in [2.05, 4.69) is 0 Å². The van der Waals surface area contributed by atoms with Gasteiger partial charge in [-0.2, -0.15) is 0 Å². The zero-order valence-corrected chi connectivity index (χ0v) is 9.58. The molecule has 18 heavy (non-hydrogen) atoms. The van der Waals surface area contributed by atoms with E-state index in [1.165, 1.54) is 23.1 Å². The third kappa shape index (κ3) is 1.22. The van der Waals surface area contributed by atoms with E-state index in [4.69, 9.17) is 9.47 Å². The zero-order valence-electron chi connectivity index (χ0n) is 9.58. The number of nitrogens with zero attached hydrogens (tertiary/aromatic N) is 2. The van der Waals surface area contributed by atoms with Crippen LogP contribution in [-0.2, 0) is 20.1 Å². The SMILES string of the molecule is CN1C(=O)C2(OCCO2)c2cc([N+](=O)[O-])ccc21. The summed E-state index contributed by atoms with van der Waals surface area (Å²) in [6, 6.07) is 4.23. The molecule has 1 spiro atoms. The molecule has 7 heteroatoms. The molecule has 1 fully saturated rings. The average Bonchev–Trinajstić information content (AvgIpc) is 2.92. The van der Waals surface area contributed by atoms with Crippen molar-refractivity contribution in [3.63, 3.8) is 0 Å². The summed E-state index contributed by atoms with van der Waals surface area (Å²) >= 11 is 0. The number of carbonyl (C=O) groups excluding carboxylic acids is 1. The summed E-state index contributed by atoms with van der Waals surface area (Å²) in [6.07, 6.45) is 0. The second-order valence-corrected chi connectivity index (χ2v) is 4.14. The number of nitro groups is 1. The summed E-state index contributed by atoms with van der Waals surface area (Å²) in [5.41, 5.74) is 0.893. The number of fused-ring (bicyclic) bond motifs is 2. The smallest absolute Gasteiger partial charge is 0.292 e. The molecule has 0 atom stereocenters. The minimum Gasteiger partial charge on any atom is -0.336 e. The summed E-state index contributed by atoms with van der Waals surface area (Å²) in [4.78, 5) is 23.9. The van der Waals surface area contributed by atoms with E-state index in [0.29, 0.717) is 24.5 Å². The molecule has 0 saturated carbocycles. The van der Waals surface area contributed by atoms with Gasteiger partial charge >= 0.3 is 0 Å². The van der Waals surface area contributed by atoms with Gasteiger partial charge in [-0.1, -0.05) is 0 Å². The second kappa shape index (κ2) is 3.50. The van der Waals surface area contributed by atoms with Crippen molar-refractivity contribution in [1.82, 2.24) is 0 Å². The third-order valence-electron chi connectivity index (χ3n) is 3.19. The van der Waals surface area contributed by atoms with Gasteiger partial charge in [-0.25, -0.2) is 0 Å². The highest BCUT2D eigenvalue weighted by Crippen LogP contribution is 2.46. The highest BCUT2D eigenvalue weighted by Gasteiger charge is 2.55. The van der Waals surface area contributed by atoms with Gasteiger partial charge in [-0.3, -0.25) is 14.9 Å². The maximum atomic E-state index is 12.2. The lowest BCUT2D eigenvalue weighted by molar-refractivity contribution is -0.385. The first kappa shape index (κ1) is 11.1. The fourth-order valence-corrected chi connectivity index (χ4v) is 2.33. The molecule has 1 saturated heterocycles. The van der Waals surface area contributed by atoms with Gasteiger partial charge in [0.15, 0.2) is 0 Å². The summed E-state index contributed by atoms with van der Waals surface area (Å²) in [5.74, 6) is -1.84. The number of hydrogen-bond acceptors (Lipinski definition) is 5. The minimum atomic E-state index is -1.49. The van der Waals surface area contributed by atoms with Gasteiger partial charge in [0, 0.05) is 19.2 Å². The predicted octanol–water partition coefficient (Wildman–Crippen LogP) is 0.771. The maximum Gasteiger partial charge on any atom is 0.292 e. The van der Waals surface area contributed by atoms with Crippen LogP contribution < -0.4 is 4.90 Å². The van der Waals surface area contributed by atoms with E-state index in [1.54, 1.807) is 7.05 Å². The maximum absolute atomic E-state index is 12.2. The number of hydrogen-bond donors (Lipinski definition) is 0. The van der Waals surface area contributed by atoms with Crippen LogP contribution >= 0.6 is 0 Å². The molecule has 0 aromatic heterocycles. The topological polar surface area (TPSA) is 81.9 Å². The van der Waals surface area contributed by atoms with Crippen LogP contribution in [0.4, 0.5) is 11.4 Å². The zero-order chi connectivity index (χ0) is 12.9. The van der Waals surface area contributed by atoms with Gasteiger partial charge in [0.05, 0.1) is 29.4 Å². The molecule has 2 aliphatic heterocycles. The number of anilines is 1. The van der Waals surface area contributed by atoms with E-state index in [0.717, 1.165) is 0 Å². The standard InChI is InChI=1S/C11H10N2O5/c1-12-9-3-2-7(13(15)16)6-8(9)11(10(12)14)17-4-5-18-11/h2-3,6H,4-5H2,1H3. The quantitative estimate of drug-likeness (QED) is 0.543. The van der Waals surface area contributed by atoms with Gasteiger partial charge in [0.25, 0.3) is 17.4 Å². The number of benzene rings is 1. The van der Waals surface area contributed by atoms with Crippen molar-refractivity contribution in [3.05, 3.63) is 33.9 Å². The Morgan fingerprint density at radius 1 is 1.39 bits per heavy atom. The summed E-state index contributed by atoms with van der Waals surface area (Å²) in [6.45, 7) is 0.587. The molecule has 1 amide bonds. The molecule has 0 aliphatic carbocycles. The first-order valence-corrected chi connectivity index (χ1v) is 5.41. The molecule has 1 aromatic rings. The van der Waals surface area contributed by atoms with Gasteiger partial charge < -0.3 is 14.4 Å². The largest absolute Gasteiger partial charge is 0.336 e. The molecule has 0 N–H and O–H groups in total. The fourth-order valence-electron chi connectivity index (χ4n) is 2.33. The number of amides is 1. The van der Waals surface area contributed by atoms with E-state index >= 15 is 0 Å². The third-order valence-corrected chi connectivity index (χ3v) is 3.19. The lowest BCUT2D eigenvalue weighted by Crippen LogP contribution is -2.39. The van der Waals surface area contributed by atoms with E-state index < -0.39 is 10.7 Å². The monoisotopic (exact) mass is 250 g/mol. The van der Waals surface area contributed by atoms with Crippen molar-refractivity contribution in [1.29, 1.82) is 0 Å². The molecule has 1 aromatic carbocycles. The Morgan fingerprint density at radius 3 is 2.67 bits per heavy atom. The molecule has 94 valence electrons. The van der Waals surface area contributed by atoms with Crippen LogP contribution in [0.1, 0.15) is 5.56 Å². The van der Waals surface area contributed by atoms with Crippen LogP contribution in [0.3, 0.4) is 0 Å². The number of ether oxygens (including phenoxy) is 2. The molecular formula is C11H10N2O5. The lowest BCUT2D eigenvalue weighted by Gasteiger charge is -2.19. The molecule has 2 heterocycles. The molecule has 2 aliphatic rings. The van der Waals surface area contributed by atoms with Crippen molar-refractivity contribution >= 4 is 17.3 Å². The fraction of sp³-hybridized carbons (Fsp3) is 0.364. The van der Waals surface area contributed by atoms with Crippen molar-refractivity contribution in [2.75, 3.05) is 25.2 Å². The molecule has 3 rings (SSSR count). The predicted molar refractivity (Wildman–Crippen MR) is 60.1 cm³/mol. The average molecular weight is 250 g/mol. The van der Waals surface area contributed by atoms with E-state index in [-0.39, 0.29) is 11.6 Å². The Bertz CT molecular complexity index is 550. The van der Waals surface area contributed by atoms with E-state index in [9.17, 15) is 14.9 Å². The number of carbonyl (C=O) groups is 1. The van der Waals surface area contributed by atoms with Crippen LogP contribution in [0.15, 0.2) is 18.2 Å². The minimum absolute atomic E-state index is 0.0877. The van der Waals surface area contributed by atoms with Crippen LogP contribution in [0.2, 0.25) is 0 Å². The van der Waals surface area contributed by atoms with Gasteiger partial charge in [0.2, 0.25) is 0 Å². The molecule has 0 radical (unpaired) electrons. The van der Waals surface area contributed by atoms with Crippen molar-refractivity contribution in [3.8, 4) is 0 Å². The van der Waals surface area contributed by atoms with Crippen molar-refractivity contribution < 1.29 is 19.2 Å². The second-order valence-electron chi connectivity index (χ2n) is 4.14. The molecule has 0 unspecified atom stereocenters. The lowest BCUT2D eigenvalue weighted by atomic mass is 10.1. The summed E-state index contributed by atoms with van der Waals surface area (Å²) < 4.78 is 10.8. The van der Waals surface area contributed by atoms with Crippen molar-refractivity contribution in [2.45, 2.75) is 5.79 Å². The first-order chi connectivity index (χ1) is 8.56. The highest BCUT2D eigenvalue weighted by atomic mass is 16.7. The van der Waals surface area contributed by atoms with Gasteiger partial charge in [0.1, 0.15) is 0 Å². The van der Waals surface area contributed by atoms with Crippen LogP contribution in [0.25, 0.3) is 0 Å². The normalized spacial score (nSPS) is 20.5. The van der Waals surface area contributed by atoms with Gasteiger partial charge in [-0.15, -0.1) is 0 Å². The first-order valence-electron chi connectivity index (χ1n) is 5.41. The Hall–Kier alpha value is -1.99. The number of likely N-dealkylation sites (N-methyl/N-ethyl adjacent to an activating group) is 1. The Kier molecular flexibility index (Phi) is 2.16. The highest BCUT2D eigenvalue weighted by molar-refractivity contribution is 6.06. The summed E-state index contributed by atoms with van der Waals surface area (Å²) in [7, 11) is 1.59. The number of rotatable bonds is 1. The van der Waals surface area contributed by atoms with Crippen LogP contribution in [0.5, 0.6) is 0 Å². The van der Waals surface area contributed by atoms with Crippen LogP contribution in [-0.4, -0.2) is 31.1 Å².